The van der Waals surface area contributed by atoms with Crippen LogP contribution in [-0.4, -0.2) is 6.04 Å². The Morgan fingerprint density at radius 1 is 1.11 bits per heavy atom. The Bertz CT molecular complexity index is 414. The molecule has 0 amide bonds. The highest BCUT2D eigenvalue weighted by Gasteiger charge is 2.16. The third-order valence-electron chi connectivity index (χ3n) is 4.02. The van der Waals surface area contributed by atoms with E-state index in [2.05, 4.69) is 60.2 Å². The molecule has 0 bridgehead atoms. The Balaban J connectivity index is 2.01. The van der Waals surface area contributed by atoms with Crippen LogP contribution < -0.4 is 5.32 Å². The number of halogens is 1. The van der Waals surface area contributed by atoms with Gasteiger partial charge in [0.1, 0.15) is 0 Å². The van der Waals surface area contributed by atoms with Gasteiger partial charge in [-0.25, -0.2) is 0 Å². The summed E-state index contributed by atoms with van der Waals surface area (Å²) in [4.78, 5) is 0. The van der Waals surface area contributed by atoms with E-state index in [1.54, 1.807) is 0 Å². The number of nitrogens with one attached hydrogen (secondary N) is 1. The van der Waals surface area contributed by atoms with Crippen molar-refractivity contribution in [1.29, 1.82) is 0 Å². The van der Waals surface area contributed by atoms with Gasteiger partial charge >= 0.3 is 0 Å². The standard InChI is InChI=1S/C17H26BrN/c1-17(2,3)14-9-13(10-15(18)11-14)12-19-16-7-5-4-6-8-16/h9-11,16,19H,4-8,12H2,1-3H3. The zero-order chi connectivity index (χ0) is 13.9. The highest BCUT2D eigenvalue weighted by molar-refractivity contribution is 9.10. The Hall–Kier alpha value is -0.340. The molecule has 0 radical (unpaired) electrons. The van der Waals surface area contributed by atoms with E-state index in [9.17, 15) is 0 Å². The summed E-state index contributed by atoms with van der Waals surface area (Å²) in [7, 11) is 0. The number of hydrogen-bond acceptors (Lipinski definition) is 1. The van der Waals surface area contributed by atoms with Crippen molar-refractivity contribution in [1.82, 2.24) is 5.32 Å². The summed E-state index contributed by atoms with van der Waals surface area (Å²) in [5.41, 5.74) is 3.01. The lowest BCUT2D eigenvalue weighted by Crippen LogP contribution is -2.30. The van der Waals surface area contributed by atoms with E-state index in [1.807, 2.05) is 0 Å². The van der Waals surface area contributed by atoms with Crippen LogP contribution in [0.25, 0.3) is 0 Å². The molecular formula is C17H26BrN. The fourth-order valence-corrected chi connectivity index (χ4v) is 3.30. The second-order valence-electron chi connectivity index (χ2n) is 6.81. The number of rotatable bonds is 3. The molecule has 0 aromatic heterocycles. The molecule has 0 heterocycles. The van der Waals surface area contributed by atoms with Crippen LogP contribution in [0.4, 0.5) is 0 Å². The molecule has 1 saturated carbocycles. The van der Waals surface area contributed by atoms with Gasteiger partial charge in [-0.3, -0.25) is 0 Å². The van der Waals surface area contributed by atoms with Crippen LogP contribution in [0.15, 0.2) is 22.7 Å². The van der Waals surface area contributed by atoms with E-state index in [4.69, 9.17) is 0 Å². The van der Waals surface area contributed by atoms with Crippen LogP contribution >= 0.6 is 15.9 Å². The lowest BCUT2D eigenvalue weighted by atomic mass is 9.86. The van der Waals surface area contributed by atoms with Crippen molar-refractivity contribution >= 4 is 15.9 Å². The molecule has 0 atom stereocenters. The van der Waals surface area contributed by atoms with Crippen molar-refractivity contribution in [3.63, 3.8) is 0 Å². The first-order chi connectivity index (χ1) is 8.95. The Labute approximate surface area is 126 Å². The molecule has 1 aliphatic rings. The van der Waals surface area contributed by atoms with Crippen LogP contribution in [0.2, 0.25) is 0 Å². The SMILES string of the molecule is CC(C)(C)c1cc(Br)cc(CNC2CCCCC2)c1. The Kier molecular flexibility index (Phi) is 5.08. The fraction of sp³-hybridized carbons (Fsp3) is 0.647. The van der Waals surface area contributed by atoms with Gasteiger partial charge in [0.2, 0.25) is 0 Å². The van der Waals surface area contributed by atoms with Gasteiger partial charge in [-0.15, -0.1) is 0 Å². The summed E-state index contributed by atoms with van der Waals surface area (Å²) < 4.78 is 1.19. The molecule has 0 aliphatic heterocycles. The predicted octanol–water partition coefficient (Wildman–Crippen LogP) is 5.17. The van der Waals surface area contributed by atoms with Crippen LogP contribution in [0.1, 0.15) is 64.0 Å². The Morgan fingerprint density at radius 2 is 1.79 bits per heavy atom. The number of hydrogen-bond donors (Lipinski definition) is 1. The molecule has 1 fully saturated rings. The first-order valence-corrected chi connectivity index (χ1v) is 8.28. The van der Waals surface area contributed by atoms with Gasteiger partial charge in [0.15, 0.2) is 0 Å². The van der Waals surface area contributed by atoms with Gasteiger partial charge in [0.25, 0.3) is 0 Å². The van der Waals surface area contributed by atoms with E-state index < -0.39 is 0 Å². The molecule has 2 rings (SSSR count). The van der Waals surface area contributed by atoms with Crippen LogP contribution in [-0.2, 0) is 12.0 Å². The van der Waals surface area contributed by atoms with Crippen molar-refractivity contribution in [2.75, 3.05) is 0 Å². The van der Waals surface area contributed by atoms with Gasteiger partial charge in [-0.1, -0.05) is 62.0 Å². The minimum absolute atomic E-state index is 0.212. The molecular weight excluding hydrogens is 298 g/mol. The monoisotopic (exact) mass is 323 g/mol. The molecule has 106 valence electrons. The summed E-state index contributed by atoms with van der Waals surface area (Å²) >= 11 is 3.64. The van der Waals surface area contributed by atoms with Gasteiger partial charge in [0, 0.05) is 17.1 Å². The maximum atomic E-state index is 3.72. The average molecular weight is 324 g/mol. The largest absolute Gasteiger partial charge is 0.310 e. The molecule has 1 nitrogen and oxygen atoms in total. The van der Waals surface area contributed by atoms with Crippen LogP contribution in [0.5, 0.6) is 0 Å². The van der Waals surface area contributed by atoms with Crippen molar-refractivity contribution in [2.45, 2.75) is 70.9 Å². The third-order valence-corrected chi connectivity index (χ3v) is 4.48. The molecule has 0 unspecified atom stereocenters. The van der Waals surface area contributed by atoms with Gasteiger partial charge in [0.05, 0.1) is 0 Å². The van der Waals surface area contributed by atoms with Crippen LogP contribution in [0, 0.1) is 0 Å². The van der Waals surface area contributed by atoms with Gasteiger partial charge < -0.3 is 5.32 Å². The van der Waals surface area contributed by atoms with Gasteiger partial charge in [-0.2, -0.15) is 0 Å². The maximum Gasteiger partial charge on any atom is 0.0208 e. The minimum atomic E-state index is 0.212. The quantitative estimate of drug-likeness (QED) is 0.809. The zero-order valence-electron chi connectivity index (χ0n) is 12.4. The summed E-state index contributed by atoms with van der Waals surface area (Å²) in [6.45, 7) is 7.81. The molecule has 0 saturated heterocycles. The summed E-state index contributed by atoms with van der Waals surface area (Å²) in [6, 6.07) is 7.56. The smallest absolute Gasteiger partial charge is 0.0208 e. The molecule has 2 heteroatoms. The highest BCUT2D eigenvalue weighted by Crippen LogP contribution is 2.27. The predicted molar refractivity (Wildman–Crippen MR) is 86.6 cm³/mol. The van der Waals surface area contributed by atoms with E-state index >= 15 is 0 Å². The van der Waals surface area contributed by atoms with E-state index in [1.165, 1.54) is 47.7 Å². The fourth-order valence-electron chi connectivity index (χ4n) is 2.75. The Morgan fingerprint density at radius 3 is 2.42 bits per heavy atom. The zero-order valence-corrected chi connectivity index (χ0v) is 14.0. The topological polar surface area (TPSA) is 12.0 Å². The minimum Gasteiger partial charge on any atom is -0.310 e. The molecule has 1 N–H and O–H groups in total. The van der Waals surface area contributed by atoms with E-state index in [-0.39, 0.29) is 5.41 Å². The lowest BCUT2D eigenvalue weighted by Gasteiger charge is -2.24. The van der Waals surface area contributed by atoms with Crippen molar-refractivity contribution in [2.24, 2.45) is 0 Å². The molecule has 1 aromatic carbocycles. The molecule has 1 aromatic rings. The first kappa shape index (κ1) is 15.1. The summed E-state index contributed by atoms with van der Waals surface area (Å²) in [5, 5.41) is 3.72. The average Bonchev–Trinajstić information content (AvgIpc) is 2.36. The maximum absolute atomic E-state index is 3.72. The lowest BCUT2D eigenvalue weighted by molar-refractivity contribution is 0.372. The first-order valence-electron chi connectivity index (χ1n) is 7.48. The van der Waals surface area contributed by atoms with Crippen molar-refractivity contribution < 1.29 is 0 Å². The van der Waals surface area contributed by atoms with E-state index in [0.717, 1.165) is 12.6 Å². The number of benzene rings is 1. The van der Waals surface area contributed by atoms with Gasteiger partial charge in [-0.05, 0) is 41.5 Å². The molecule has 1 aliphatic carbocycles. The highest BCUT2D eigenvalue weighted by atomic mass is 79.9. The van der Waals surface area contributed by atoms with Crippen molar-refractivity contribution in [3.05, 3.63) is 33.8 Å². The summed E-state index contributed by atoms with van der Waals surface area (Å²) in [6.07, 6.45) is 6.90. The molecule has 0 spiro atoms. The van der Waals surface area contributed by atoms with E-state index in [0.29, 0.717) is 0 Å². The second kappa shape index (κ2) is 6.41. The van der Waals surface area contributed by atoms with Crippen LogP contribution in [0.3, 0.4) is 0 Å². The normalized spacial score (nSPS) is 17.7. The third kappa shape index (κ3) is 4.61. The summed E-state index contributed by atoms with van der Waals surface area (Å²) in [5.74, 6) is 0. The second-order valence-corrected chi connectivity index (χ2v) is 7.73. The van der Waals surface area contributed by atoms with Crippen molar-refractivity contribution in [3.8, 4) is 0 Å². The molecule has 19 heavy (non-hydrogen) atoms.